The number of hydrogen-bond acceptors (Lipinski definition) is 5. The number of unbranched alkanes of at least 4 members (excludes halogenated alkanes) is 5. The molecule has 0 rings (SSSR count). The highest BCUT2D eigenvalue weighted by molar-refractivity contribution is 7.91. The van der Waals surface area contributed by atoms with Crippen LogP contribution in [0.4, 0.5) is 0 Å². The molecule has 0 heterocycles. The lowest BCUT2D eigenvalue weighted by Gasteiger charge is -2.24. The molecule has 0 saturated carbocycles. The largest absolute Gasteiger partial charge is 0.481 e. The van der Waals surface area contributed by atoms with Gasteiger partial charge in [0.25, 0.3) is 0 Å². The van der Waals surface area contributed by atoms with Crippen LogP contribution in [0, 0.1) is 5.41 Å². The quantitative estimate of drug-likeness (QED) is 0.232. The molecule has 7 heteroatoms. The van der Waals surface area contributed by atoms with E-state index in [9.17, 15) is 18.0 Å². The Morgan fingerprint density at radius 3 is 1.93 bits per heavy atom. The first-order valence-corrected chi connectivity index (χ1v) is 13.4. The molecule has 178 valence electrons. The second-order valence-electron chi connectivity index (χ2n) is 9.50. The maximum atomic E-state index is 12.3. The van der Waals surface area contributed by atoms with Crippen molar-refractivity contribution in [1.82, 2.24) is 0 Å². The van der Waals surface area contributed by atoms with Crippen LogP contribution in [0.3, 0.4) is 0 Å². The molecule has 0 radical (unpaired) electrons. The molecule has 0 aromatic carbocycles. The average molecular weight is 449 g/mol. The van der Waals surface area contributed by atoms with Crippen LogP contribution in [0.15, 0.2) is 0 Å². The predicted molar refractivity (Wildman–Crippen MR) is 121 cm³/mol. The zero-order valence-corrected chi connectivity index (χ0v) is 20.6. The lowest BCUT2D eigenvalue weighted by atomic mass is 9.96. The lowest BCUT2D eigenvalue weighted by molar-refractivity contribution is -0.159. The molecule has 2 unspecified atom stereocenters. The van der Waals surface area contributed by atoms with Crippen molar-refractivity contribution in [1.29, 1.82) is 0 Å². The van der Waals surface area contributed by atoms with E-state index in [1.165, 1.54) is 6.26 Å². The van der Waals surface area contributed by atoms with E-state index in [4.69, 9.17) is 9.84 Å². The molecular formula is C23H44O6S. The molecule has 0 aromatic rings. The number of hydrogen-bond donors (Lipinski definition) is 1. The molecule has 6 nitrogen and oxygen atoms in total. The van der Waals surface area contributed by atoms with Gasteiger partial charge in [0, 0.05) is 12.7 Å². The van der Waals surface area contributed by atoms with Crippen molar-refractivity contribution in [3.05, 3.63) is 0 Å². The Morgan fingerprint density at radius 1 is 0.867 bits per heavy atom. The van der Waals surface area contributed by atoms with Crippen LogP contribution in [0.25, 0.3) is 0 Å². The van der Waals surface area contributed by atoms with Gasteiger partial charge in [0.1, 0.15) is 15.9 Å². The molecule has 0 aliphatic rings. The summed E-state index contributed by atoms with van der Waals surface area (Å²) in [7, 11) is -3.14. The van der Waals surface area contributed by atoms with E-state index < -0.39 is 21.2 Å². The molecule has 2 atom stereocenters. The molecule has 0 aliphatic carbocycles. The number of esters is 1. The first-order chi connectivity index (χ1) is 13.9. The third kappa shape index (κ3) is 14.8. The highest BCUT2D eigenvalue weighted by Crippen LogP contribution is 2.23. The van der Waals surface area contributed by atoms with E-state index in [1.54, 1.807) is 0 Å². The number of rotatable bonds is 17. The minimum Gasteiger partial charge on any atom is -0.481 e. The summed E-state index contributed by atoms with van der Waals surface area (Å²) in [6.07, 6.45) is 11.0. The van der Waals surface area contributed by atoms with Gasteiger partial charge in [0.05, 0.1) is 10.7 Å². The Kier molecular flexibility index (Phi) is 14.3. The fourth-order valence-corrected chi connectivity index (χ4v) is 4.55. The van der Waals surface area contributed by atoms with Gasteiger partial charge in [0.15, 0.2) is 0 Å². The summed E-state index contributed by atoms with van der Waals surface area (Å²) in [5.74, 6) is -0.991. The van der Waals surface area contributed by atoms with E-state index in [1.807, 2.05) is 20.8 Å². The SMILES string of the molecule is CCCCCC(CCCC(CCCCCCC(=O)O)S(C)(=O)=O)OC(=O)C(C)(C)C. The second-order valence-corrected chi connectivity index (χ2v) is 11.8. The van der Waals surface area contributed by atoms with Crippen LogP contribution >= 0.6 is 0 Å². The van der Waals surface area contributed by atoms with Crippen molar-refractivity contribution in [2.45, 2.75) is 123 Å². The number of carboxylic acid groups (broad SMARTS) is 1. The summed E-state index contributed by atoms with van der Waals surface area (Å²) < 4.78 is 30.1. The van der Waals surface area contributed by atoms with E-state index in [-0.39, 0.29) is 23.7 Å². The molecule has 1 N–H and O–H groups in total. The Hall–Kier alpha value is -1.11. The van der Waals surface area contributed by atoms with Crippen molar-refractivity contribution in [3.8, 4) is 0 Å². The lowest BCUT2D eigenvalue weighted by Crippen LogP contribution is -2.28. The molecule has 30 heavy (non-hydrogen) atoms. The maximum Gasteiger partial charge on any atom is 0.311 e. The van der Waals surface area contributed by atoms with Crippen molar-refractivity contribution in [2.24, 2.45) is 5.41 Å². The molecular weight excluding hydrogens is 404 g/mol. The monoisotopic (exact) mass is 448 g/mol. The Bertz CT molecular complexity index is 591. The van der Waals surface area contributed by atoms with Crippen molar-refractivity contribution in [2.75, 3.05) is 6.26 Å². The minimum atomic E-state index is -3.14. The molecule has 0 fully saturated rings. The third-order valence-corrected chi connectivity index (χ3v) is 7.02. The zero-order valence-electron chi connectivity index (χ0n) is 19.7. The van der Waals surface area contributed by atoms with Crippen LogP contribution in [0.5, 0.6) is 0 Å². The van der Waals surface area contributed by atoms with Gasteiger partial charge in [-0.3, -0.25) is 9.59 Å². The van der Waals surface area contributed by atoms with Gasteiger partial charge in [-0.1, -0.05) is 39.0 Å². The topological polar surface area (TPSA) is 97.7 Å². The van der Waals surface area contributed by atoms with Crippen molar-refractivity contribution >= 4 is 21.8 Å². The standard InChI is InChI=1S/C23H44O6S/c1-6-7-10-14-19(29-22(26)23(2,3)4)15-13-17-20(30(5,27)28)16-11-8-9-12-18-21(24)25/h19-20H,6-18H2,1-5H3,(H,24,25). The van der Waals surface area contributed by atoms with Crippen LogP contribution in [-0.4, -0.2) is 43.1 Å². The third-order valence-electron chi connectivity index (χ3n) is 5.34. The molecule has 0 saturated heterocycles. The summed E-state index contributed by atoms with van der Waals surface area (Å²) >= 11 is 0. The summed E-state index contributed by atoms with van der Waals surface area (Å²) in [6, 6.07) is 0. The van der Waals surface area contributed by atoms with Crippen molar-refractivity contribution < 1.29 is 27.9 Å². The zero-order chi connectivity index (χ0) is 23.2. The number of carbonyl (C=O) groups excluding carboxylic acids is 1. The molecule has 0 spiro atoms. The number of carboxylic acids is 1. The van der Waals surface area contributed by atoms with E-state index in [0.29, 0.717) is 32.1 Å². The fraction of sp³-hybridized carbons (Fsp3) is 0.913. The Labute approximate surface area is 184 Å². The van der Waals surface area contributed by atoms with E-state index in [0.717, 1.165) is 44.9 Å². The number of sulfone groups is 1. The summed E-state index contributed by atoms with van der Waals surface area (Å²) in [6.45, 7) is 7.66. The van der Waals surface area contributed by atoms with Gasteiger partial charge >= 0.3 is 11.9 Å². The van der Waals surface area contributed by atoms with Gasteiger partial charge in [-0.15, -0.1) is 0 Å². The second kappa shape index (κ2) is 14.8. The number of carbonyl (C=O) groups is 2. The smallest absolute Gasteiger partial charge is 0.311 e. The summed E-state index contributed by atoms with van der Waals surface area (Å²) in [5.41, 5.74) is -0.543. The first-order valence-electron chi connectivity index (χ1n) is 11.5. The molecule has 0 aliphatic heterocycles. The summed E-state index contributed by atoms with van der Waals surface area (Å²) in [5, 5.41) is 8.28. The van der Waals surface area contributed by atoms with Gasteiger partial charge < -0.3 is 9.84 Å². The minimum absolute atomic E-state index is 0.153. The first kappa shape index (κ1) is 28.9. The maximum absolute atomic E-state index is 12.3. The predicted octanol–water partition coefficient (Wildman–Crippen LogP) is 5.53. The van der Waals surface area contributed by atoms with E-state index >= 15 is 0 Å². The van der Waals surface area contributed by atoms with Crippen LogP contribution in [0.2, 0.25) is 0 Å². The van der Waals surface area contributed by atoms with Gasteiger partial charge in [-0.2, -0.15) is 0 Å². The molecule has 0 bridgehead atoms. The van der Waals surface area contributed by atoms with Gasteiger partial charge in [-0.25, -0.2) is 8.42 Å². The van der Waals surface area contributed by atoms with Crippen molar-refractivity contribution in [3.63, 3.8) is 0 Å². The highest BCUT2D eigenvalue weighted by atomic mass is 32.2. The van der Waals surface area contributed by atoms with Gasteiger partial charge in [0.2, 0.25) is 0 Å². The Balaban J connectivity index is 4.57. The normalized spacial score (nSPS) is 14.3. The van der Waals surface area contributed by atoms with Crippen LogP contribution in [-0.2, 0) is 24.2 Å². The fourth-order valence-electron chi connectivity index (χ4n) is 3.36. The van der Waals surface area contributed by atoms with E-state index in [2.05, 4.69) is 6.92 Å². The van der Waals surface area contributed by atoms with Gasteiger partial charge in [-0.05, 0) is 65.7 Å². The molecule has 0 amide bonds. The van der Waals surface area contributed by atoms with Crippen LogP contribution < -0.4 is 0 Å². The molecule has 0 aromatic heterocycles. The Morgan fingerprint density at radius 2 is 1.40 bits per heavy atom. The highest BCUT2D eigenvalue weighted by Gasteiger charge is 2.27. The summed E-state index contributed by atoms with van der Waals surface area (Å²) in [4.78, 5) is 22.8. The average Bonchev–Trinajstić information content (AvgIpc) is 2.60. The number of aliphatic carboxylic acids is 1. The van der Waals surface area contributed by atoms with Crippen LogP contribution in [0.1, 0.15) is 111 Å². The number of ether oxygens (including phenoxy) is 1.